The van der Waals surface area contributed by atoms with Gasteiger partial charge in [-0.3, -0.25) is 0 Å². The summed E-state index contributed by atoms with van der Waals surface area (Å²) in [7, 11) is 0. The van der Waals surface area contributed by atoms with E-state index in [4.69, 9.17) is 16.3 Å². The molecule has 0 unspecified atom stereocenters. The molecule has 1 aliphatic heterocycles. The van der Waals surface area contributed by atoms with E-state index in [1.54, 1.807) is 0 Å². The topological polar surface area (TPSA) is 51.1 Å². The highest BCUT2D eigenvalue weighted by molar-refractivity contribution is 9.10. The van der Waals surface area contributed by atoms with Gasteiger partial charge in [0.25, 0.3) is 0 Å². The quantitative estimate of drug-likeness (QED) is 0.840. The Bertz CT molecular complexity index is 619. The van der Waals surface area contributed by atoms with Gasteiger partial charge in [0, 0.05) is 13.1 Å². The molecule has 7 heteroatoms. The predicted molar refractivity (Wildman–Crippen MR) is 80.5 cm³/mol. The second kappa shape index (κ2) is 5.93. The molecule has 1 saturated heterocycles. The smallest absolute Gasteiger partial charge is 0.328 e. The van der Waals surface area contributed by atoms with Crippen LogP contribution in [0.4, 0.5) is 5.95 Å². The Morgan fingerprint density at radius 3 is 2.60 bits per heavy atom. The van der Waals surface area contributed by atoms with Gasteiger partial charge in [0.1, 0.15) is 5.75 Å². The van der Waals surface area contributed by atoms with Gasteiger partial charge in [-0.15, -0.1) is 0 Å². The molecular weight excluding hydrogens is 344 g/mol. The predicted octanol–water partition coefficient (Wildman–Crippen LogP) is 3.68. The highest BCUT2D eigenvalue weighted by Gasteiger charge is 2.18. The summed E-state index contributed by atoms with van der Waals surface area (Å²) in [5.41, 5.74) is 0. The van der Waals surface area contributed by atoms with Crippen LogP contribution < -0.4 is 9.64 Å². The van der Waals surface area contributed by atoms with Crippen molar-refractivity contribution in [3.05, 3.63) is 34.0 Å². The molecule has 1 fully saturated rings. The van der Waals surface area contributed by atoms with Crippen molar-refractivity contribution in [3.8, 4) is 11.8 Å². The number of para-hydroxylation sites is 1. The van der Waals surface area contributed by atoms with Gasteiger partial charge in [-0.1, -0.05) is 12.1 Å². The Morgan fingerprint density at radius 1 is 1.10 bits per heavy atom. The number of halogens is 2. The van der Waals surface area contributed by atoms with Crippen LogP contribution in [0.5, 0.6) is 11.8 Å². The van der Waals surface area contributed by atoms with Crippen LogP contribution in [0, 0.1) is 0 Å². The second-order valence-electron chi connectivity index (χ2n) is 4.41. The van der Waals surface area contributed by atoms with Crippen LogP contribution in [-0.4, -0.2) is 28.0 Å². The SMILES string of the molecule is Clc1nc(Oc2ccccc2Br)nc(N2CCCC2)n1. The number of aromatic nitrogens is 3. The van der Waals surface area contributed by atoms with Crippen LogP contribution in [-0.2, 0) is 0 Å². The summed E-state index contributed by atoms with van der Waals surface area (Å²) < 4.78 is 6.50. The van der Waals surface area contributed by atoms with Crippen molar-refractivity contribution >= 4 is 33.5 Å². The van der Waals surface area contributed by atoms with Crippen molar-refractivity contribution in [2.24, 2.45) is 0 Å². The summed E-state index contributed by atoms with van der Waals surface area (Å²) in [6.45, 7) is 1.88. The van der Waals surface area contributed by atoms with Gasteiger partial charge in [0.2, 0.25) is 11.2 Å². The van der Waals surface area contributed by atoms with Crippen molar-refractivity contribution in [3.63, 3.8) is 0 Å². The molecule has 3 rings (SSSR count). The zero-order chi connectivity index (χ0) is 13.9. The van der Waals surface area contributed by atoms with Crippen molar-refractivity contribution in [1.82, 2.24) is 15.0 Å². The van der Waals surface area contributed by atoms with E-state index < -0.39 is 0 Å². The van der Waals surface area contributed by atoms with Crippen molar-refractivity contribution < 1.29 is 4.74 Å². The molecule has 104 valence electrons. The van der Waals surface area contributed by atoms with Crippen molar-refractivity contribution in [1.29, 1.82) is 0 Å². The zero-order valence-electron chi connectivity index (χ0n) is 10.6. The minimum atomic E-state index is 0.143. The third-order valence-electron chi connectivity index (χ3n) is 3.00. The van der Waals surface area contributed by atoms with E-state index in [-0.39, 0.29) is 11.3 Å². The molecular formula is C13H12BrClN4O. The molecule has 5 nitrogen and oxygen atoms in total. The fraction of sp³-hybridized carbons (Fsp3) is 0.308. The average Bonchev–Trinajstić information content (AvgIpc) is 2.95. The molecule has 0 atom stereocenters. The Kier molecular flexibility index (Phi) is 4.03. The lowest BCUT2D eigenvalue weighted by Crippen LogP contribution is -2.21. The number of nitrogens with zero attached hydrogens (tertiary/aromatic N) is 4. The first-order valence-electron chi connectivity index (χ1n) is 6.31. The molecule has 20 heavy (non-hydrogen) atoms. The van der Waals surface area contributed by atoms with E-state index in [9.17, 15) is 0 Å². The molecule has 0 aliphatic carbocycles. The van der Waals surface area contributed by atoms with E-state index >= 15 is 0 Å². The number of rotatable bonds is 3. The molecule has 0 radical (unpaired) electrons. The molecule has 0 N–H and O–H groups in total. The van der Waals surface area contributed by atoms with E-state index in [2.05, 4.69) is 35.8 Å². The summed E-state index contributed by atoms with van der Waals surface area (Å²) >= 11 is 9.37. The molecule has 1 aromatic carbocycles. The van der Waals surface area contributed by atoms with Crippen molar-refractivity contribution in [2.45, 2.75) is 12.8 Å². The number of benzene rings is 1. The van der Waals surface area contributed by atoms with Crippen LogP contribution in [0.25, 0.3) is 0 Å². The van der Waals surface area contributed by atoms with Gasteiger partial charge in [-0.2, -0.15) is 15.0 Å². The standard InChI is InChI=1S/C13H12BrClN4O/c14-9-5-1-2-6-10(9)20-13-17-11(15)16-12(18-13)19-7-3-4-8-19/h1-2,5-6H,3-4,7-8H2. The molecule has 1 aliphatic rings. The van der Waals surface area contributed by atoms with E-state index in [1.807, 2.05) is 24.3 Å². The highest BCUT2D eigenvalue weighted by Crippen LogP contribution is 2.28. The highest BCUT2D eigenvalue weighted by atomic mass is 79.9. The first-order chi connectivity index (χ1) is 9.72. The number of hydrogen-bond acceptors (Lipinski definition) is 5. The molecule has 2 aromatic rings. The summed E-state index contributed by atoms with van der Waals surface area (Å²) in [6.07, 6.45) is 2.29. The van der Waals surface area contributed by atoms with Gasteiger partial charge in [-0.25, -0.2) is 0 Å². The maximum atomic E-state index is 5.95. The lowest BCUT2D eigenvalue weighted by Gasteiger charge is -2.15. The van der Waals surface area contributed by atoms with Gasteiger partial charge in [0.15, 0.2) is 0 Å². The minimum Gasteiger partial charge on any atom is -0.423 e. The third kappa shape index (κ3) is 3.02. The number of ether oxygens (including phenoxy) is 1. The Hall–Kier alpha value is -1.40. The van der Waals surface area contributed by atoms with Crippen LogP contribution in [0.1, 0.15) is 12.8 Å². The first kappa shape index (κ1) is 13.6. The monoisotopic (exact) mass is 354 g/mol. The first-order valence-corrected chi connectivity index (χ1v) is 7.48. The van der Waals surface area contributed by atoms with E-state index in [0.29, 0.717) is 11.7 Å². The van der Waals surface area contributed by atoms with Crippen LogP contribution in [0.15, 0.2) is 28.7 Å². The van der Waals surface area contributed by atoms with E-state index in [0.717, 1.165) is 30.4 Å². The lowest BCUT2D eigenvalue weighted by atomic mass is 10.3. The third-order valence-corrected chi connectivity index (χ3v) is 3.83. The van der Waals surface area contributed by atoms with E-state index in [1.165, 1.54) is 0 Å². The van der Waals surface area contributed by atoms with Crippen LogP contribution in [0.3, 0.4) is 0 Å². The molecule has 0 bridgehead atoms. The largest absolute Gasteiger partial charge is 0.423 e. The summed E-state index contributed by atoms with van der Waals surface area (Å²) in [5, 5.41) is 0.143. The molecule has 2 heterocycles. The maximum Gasteiger partial charge on any atom is 0.328 e. The molecule has 0 spiro atoms. The van der Waals surface area contributed by atoms with Gasteiger partial charge >= 0.3 is 6.01 Å². The van der Waals surface area contributed by atoms with Crippen molar-refractivity contribution in [2.75, 3.05) is 18.0 Å². The lowest BCUT2D eigenvalue weighted by molar-refractivity contribution is 0.437. The van der Waals surface area contributed by atoms with Crippen LogP contribution in [0.2, 0.25) is 5.28 Å². The Balaban J connectivity index is 1.88. The number of anilines is 1. The Labute approximate surface area is 130 Å². The molecule has 0 saturated carbocycles. The minimum absolute atomic E-state index is 0.143. The fourth-order valence-corrected chi connectivity index (χ4v) is 2.57. The fourth-order valence-electron chi connectivity index (χ4n) is 2.05. The number of hydrogen-bond donors (Lipinski definition) is 0. The second-order valence-corrected chi connectivity index (χ2v) is 5.61. The maximum absolute atomic E-state index is 5.95. The normalized spacial score (nSPS) is 14.6. The molecule has 1 aromatic heterocycles. The van der Waals surface area contributed by atoms with Gasteiger partial charge in [0.05, 0.1) is 4.47 Å². The summed E-state index contributed by atoms with van der Waals surface area (Å²) in [6, 6.07) is 7.72. The van der Waals surface area contributed by atoms with Gasteiger partial charge < -0.3 is 9.64 Å². The molecule has 0 amide bonds. The average molecular weight is 356 g/mol. The zero-order valence-corrected chi connectivity index (χ0v) is 12.9. The summed E-state index contributed by atoms with van der Waals surface area (Å²) in [5.74, 6) is 1.21. The van der Waals surface area contributed by atoms with Gasteiger partial charge in [-0.05, 0) is 52.5 Å². The van der Waals surface area contributed by atoms with Crippen LogP contribution >= 0.6 is 27.5 Å². The summed E-state index contributed by atoms with van der Waals surface area (Å²) in [4.78, 5) is 14.6. The Morgan fingerprint density at radius 2 is 1.85 bits per heavy atom.